The van der Waals surface area contributed by atoms with Crippen molar-refractivity contribution in [1.82, 2.24) is 10.6 Å². The van der Waals surface area contributed by atoms with Crippen molar-refractivity contribution >= 4 is 23.4 Å². The summed E-state index contributed by atoms with van der Waals surface area (Å²) >= 11 is 5.65. The van der Waals surface area contributed by atoms with Crippen molar-refractivity contribution < 1.29 is 28.6 Å². The molecule has 0 aromatic heterocycles. The second-order valence-electron chi connectivity index (χ2n) is 9.22. The van der Waals surface area contributed by atoms with E-state index in [-0.39, 0.29) is 29.9 Å². The molecule has 0 aliphatic heterocycles. The lowest BCUT2D eigenvalue weighted by Crippen LogP contribution is -2.70. The highest BCUT2D eigenvalue weighted by Gasteiger charge is 2.55. The van der Waals surface area contributed by atoms with E-state index in [0.717, 1.165) is 11.6 Å². The largest absolute Gasteiger partial charge is 0.484 e. The van der Waals surface area contributed by atoms with E-state index in [2.05, 4.69) is 10.6 Å². The normalized spacial score (nSPS) is 25.5. The Bertz CT molecular complexity index is 1050. The van der Waals surface area contributed by atoms with Crippen LogP contribution in [-0.2, 0) is 9.59 Å². The maximum atomic E-state index is 13.5. The Hall–Kier alpha value is -2.84. The first kappa shape index (κ1) is 24.3. The summed E-state index contributed by atoms with van der Waals surface area (Å²) in [5.41, 5.74) is -0.178. The van der Waals surface area contributed by atoms with Crippen LogP contribution in [0.5, 0.6) is 11.5 Å². The monoisotopic (exact) mass is 490 g/mol. The van der Waals surface area contributed by atoms with E-state index in [4.69, 9.17) is 21.1 Å². The molecule has 0 radical (unpaired) electrons. The number of ether oxygens (including phenoxy) is 2. The van der Waals surface area contributed by atoms with Crippen LogP contribution in [0.25, 0.3) is 0 Å². The van der Waals surface area contributed by atoms with Crippen LogP contribution in [0.1, 0.15) is 37.7 Å². The van der Waals surface area contributed by atoms with E-state index >= 15 is 0 Å². The molecule has 0 heterocycles. The van der Waals surface area contributed by atoms with Gasteiger partial charge in [-0.1, -0.05) is 29.3 Å². The van der Waals surface area contributed by atoms with Gasteiger partial charge in [0.25, 0.3) is 11.8 Å². The average molecular weight is 491 g/mol. The lowest BCUT2D eigenvalue weighted by molar-refractivity contribution is -0.137. The van der Waals surface area contributed by atoms with Gasteiger partial charge in [0.15, 0.2) is 13.2 Å². The zero-order valence-corrected chi connectivity index (χ0v) is 19.7. The Kier molecular flexibility index (Phi) is 7.00. The molecule has 34 heavy (non-hydrogen) atoms. The van der Waals surface area contributed by atoms with Crippen molar-refractivity contribution in [3.63, 3.8) is 0 Å². The number of carbonyl (C=O) groups is 2. The van der Waals surface area contributed by atoms with Gasteiger partial charge in [0.05, 0.1) is 16.7 Å². The molecule has 2 amide bonds. The molecular formula is C25H28ClFN2O5. The third-order valence-corrected chi connectivity index (χ3v) is 7.07. The van der Waals surface area contributed by atoms with Crippen molar-refractivity contribution in [1.29, 1.82) is 0 Å². The molecule has 3 fully saturated rings. The zero-order chi connectivity index (χ0) is 24.3. The molecule has 7 nitrogen and oxygen atoms in total. The van der Waals surface area contributed by atoms with Crippen molar-refractivity contribution in [3.05, 3.63) is 58.9 Å². The average Bonchev–Trinajstić information content (AvgIpc) is 2.81. The molecule has 0 spiro atoms. The highest BCUT2D eigenvalue weighted by Crippen LogP contribution is 2.47. The molecule has 0 saturated heterocycles. The maximum absolute atomic E-state index is 13.5. The molecule has 2 bridgehead atoms. The fourth-order valence-corrected chi connectivity index (χ4v) is 4.92. The van der Waals surface area contributed by atoms with Gasteiger partial charge >= 0.3 is 0 Å². The van der Waals surface area contributed by atoms with Crippen LogP contribution in [0.3, 0.4) is 0 Å². The number of amides is 2. The summed E-state index contributed by atoms with van der Waals surface area (Å²) in [5, 5.41) is 16.8. The molecule has 3 N–H and O–H groups in total. The molecule has 5 rings (SSSR count). The summed E-state index contributed by atoms with van der Waals surface area (Å²) in [6.07, 6.45) is 1.83. The summed E-state index contributed by atoms with van der Waals surface area (Å²) in [6, 6.07) is 11.4. The van der Waals surface area contributed by atoms with Crippen LogP contribution in [0.4, 0.5) is 4.39 Å². The maximum Gasteiger partial charge on any atom is 0.258 e. The number of carbonyl (C=O) groups excluding carboxylic acids is 2. The molecule has 0 unspecified atom stereocenters. The quantitative estimate of drug-likeness (QED) is 0.527. The summed E-state index contributed by atoms with van der Waals surface area (Å²) in [5.74, 6) is -0.460. The van der Waals surface area contributed by atoms with Crippen molar-refractivity contribution in [3.8, 4) is 11.5 Å². The number of aliphatic hydroxyl groups excluding tert-OH is 1. The predicted octanol–water partition coefficient (Wildman–Crippen LogP) is 3.29. The summed E-state index contributed by atoms with van der Waals surface area (Å²) in [7, 11) is 0. The first-order valence-electron chi connectivity index (χ1n) is 11.3. The first-order chi connectivity index (χ1) is 16.2. The van der Waals surface area contributed by atoms with E-state index in [0.29, 0.717) is 37.9 Å². The third kappa shape index (κ3) is 5.45. The van der Waals surface area contributed by atoms with Crippen molar-refractivity contribution in [2.45, 2.75) is 56.2 Å². The van der Waals surface area contributed by atoms with Crippen LogP contribution in [0.2, 0.25) is 5.02 Å². The fourth-order valence-electron chi connectivity index (χ4n) is 4.81. The molecule has 2 aromatic carbocycles. The van der Waals surface area contributed by atoms with Crippen LogP contribution in [0, 0.1) is 12.7 Å². The SMILES string of the molecule is Cc1ccc(OCC(=O)NC23CCC(NC(=O)COc4ccc(Cl)c(F)c4)(CC2)[C@@H](O)C3)cc1. The Labute approximate surface area is 202 Å². The fraction of sp³-hybridized carbons (Fsp3) is 0.440. The molecule has 2 aromatic rings. The minimum absolute atomic E-state index is 0.0273. The second kappa shape index (κ2) is 9.80. The molecule has 1 atom stereocenters. The smallest absolute Gasteiger partial charge is 0.258 e. The summed E-state index contributed by atoms with van der Waals surface area (Å²) < 4.78 is 24.5. The van der Waals surface area contributed by atoms with Gasteiger partial charge in [0.1, 0.15) is 17.3 Å². The molecule has 3 aliphatic carbocycles. The number of hydrogen-bond acceptors (Lipinski definition) is 5. The Balaban J connectivity index is 1.27. The van der Waals surface area contributed by atoms with E-state index in [1.165, 1.54) is 12.1 Å². The molecule has 182 valence electrons. The number of nitrogens with one attached hydrogen (secondary N) is 2. The highest BCUT2D eigenvalue weighted by molar-refractivity contribution is 6.30. The minimum atomic E-state index is -0.815. The first-order valence-corrected chi connectivity index (χ1v) is 11.6. The van der Waals surface area contributed by atoms with Crippen LogP contribution >= 0.6 is 11.6 Å². The van der Waals surface area contributed by atoms with E-state index in [1.807, 2.05) is 31.2 Å². The van der Waals surface area contributed by atoms with Gasteiger partial charge < -0.3 is 25.2 Å². The number of halogens is 2. The third-order valence-electron chi connectivity index (χ3n) is 6.77. The van der Waals surface area contributed by atoms with E-state index in [1.54, 1.807) is 0 Å². The Morgan fingerprint density at radius 2 is 1.59 bits per heavy atom. The number of aryl methyl sites for hydroxylation is 1. The molecular weight excluding hydrogens is 463 g/mol. The van der Waals surface area contributed by atoms with Crippen LogP contribution in [0.15, 0.2) is 42.5 Å². The van der Waals surface area contributed by atoms with Gasteiger partial charge in [-0.15, -0.1) is 0 Å². The van der Waals surface area contributed by atoms with Crippen LogP contribution in [-0.4, -0.2) is 47.3 Å². The molecule has 3 aliphatic rings. The predicted molar refractivity (Wildman–Crippen MR) is 124 cm³/mol. The second-order valence-corrected chi connectivity index (χ2v) is 9.63. The number of benzene rings is 2. The van der Waals surface area contributed by atoms with Gasteiger partial charge in [-0.25, -0.2) is 4.39 Å². The molecule has 3 saturated carbocycles. The summed E-state index contributed by atoms with van der Waals surface area (Å²) in [6.45, 7) is 1.56. The number of rotatable bonds is 8. The number of hydrogen-bond donors (Lipinski definition) is 3. The van der Waals surface area contributed by atoms with E-state index < -0.39 is 28.9 Å². The van der Waals surface area contributed by atoms with Gasteiger partial charge in [-0.3, -0.25) is 9.59 Å². The number of fused-ring (bicyclic) bond motifs is 3. The standard InChI is InChI=1S/C25H28ClFN2O5/c1-16-2-4-17(5-3-16)33-14-22(31)28-24-8-10-25(11-9-24,21(30)13-24)29-23(32)15-34-18-6-7-19(26)20(27)12-18/h2-7,12,21,30H,8-11,13-15H2,1H3,(H,28,31)(H,29,32)/t21-,24?,25?/m0/s1. The Morgan fingerprint density at radius 3 is 2.21 bits per heavy atom. The Morgan fingerprint density at radius 1 is 1.00 bits per heavy atom. The summed E-state index contributed by atoms with van der Waals surface area (Å²) in [4.78, 5) is 25.0. The van der Waals surface area contributed by atoms with Gasteiger partial charge in [0, 0.05) is 11.6 Å². The van der Waals surface area contributed by atoms with Gasteiger partial charge in [0.2, 0.25) is 0 Å². The topological polar surface area (TPSA) is 96.9 Å². The van der Waals surface area contributed by atoms with Gasteiger partial charge in [-0.2, -0.15) is 0 Å². The lowest BCUT2D eigenvalue weighted by atomic mass is 9.60. The van der Waals surface area contributed by atoms with Gasteiger partial charge in [-0.05, 0) is 63.3 Å². The van der Waals surface area contributed by atoms with E-state index in [9.17, 15) is 19.1 Å². The van der Waals surface area contributed by atoms with Crippen molar-refractivity contribution in [2.24, 2.45) is 0 Å². The minimum Gasteiger partial charge on any atom is -0.484 e. The highest BCUT2D eigenvalue weighted by atomic mass is 35.5. The van der Waals surface area contributed by atoms with Crippen molar-refractivity contribution in [2.75, 3.05) is 13.2 Å². The van der Waals surface area contributed by atoms with Crippen LogP contribution < -0.4 is 20.1 Å². The lowest BCUT2D eigenvalue weighted by Gasteiger charge is -2.56. The number of aliphatic hydroxyl groups is 1. The zero-order valence-electron chi connectivity index (χ0n) is 18.9. The molecule has 9 heteroatoms.